The molecule has 21 heavy (non-hydrogen) atoms. The first kappa shape index (κ1) is 16.7. The highest BCUT2D eigenvalue weighted by molar-refractivity contribution is 7.88. The van der Waals surface area contributed by atoms with E-state index in [0.29, 0.717) is 31.0 Å². The van der Waals surface area contributed by atoms with E-state index in [-0.39, 0.29) is 5.92 Å². The molecule has 2 atom stereocenters. The number of rotatable bonds is 5. The summed E-state index contributed by atoms with van der Waals surface area (Å²) in [5, 5.41) is 10.9. The minimum atomic E-state index is -3.13. The number of hydrogen-bond acceptors (Lipinski definition) is 3. The topological polar surface area (TPSA) is 57.6 Å². The van der Waals surface area contributed by atoms with Gasteiger partial charge in [0.2, 0.25) is 10.0 Å². The minimum absolute atomic E-state index is 0.214. The van der Waals surface area contributed by atoms with E-state index in [1.807, 2.05) is 24.3 Å². The minimum Gasteiger partial charge on any atom is -0.393 e. The van der Waals surface area contributed by atoms with Gasteiger partial charge in [-0.25, -0.2) is 12.7 Å². The summed E-state index contributed by atoms with van der Waals surface area (Å²) < 4.78 is 24.7. The molecule has 0 bridgehead atoms. The number of nitrogens with zero attached hydrogens (tertiary/aromatic N) is 1. The maximum Gasteiger partial charge on any atom is 0.211 e. The van der Waals surface area contributed by atoms with E-state index in [0.717, 1.165) is 18.4 Å². The van der Waals surface area contributed by atoms with Gasteiger partial charge in [0, 0.05) is 18.1 Å². The number of piperidine rings is 1. The molecule has 0 radical (unpaired) electrons. The van der Waals surface area contributed by atoms with Gasteiger partial charge in [-0.15, -0.1) is 0 Å². The maximum absolute atomic E-state index is 11.6. The van der Waals surface area contributed by atoms with Crippen molar-refractivity contribution in [2.75, 3.05) is 19.3 Å². The van der Waals surface area contributed by atoms with Crippen molar-refractivity contribution >= 4 is 21.6 Å². The summed E-state index contributed by atoms with van der Waals surface area (Å²) in [7, 11) is -3.13. The third-order valence-corrected chi connectivity index (χ3v) is 5.61. The van der Waals surface area contributed by atoms with Gasteiger partial charge in [0.15, 0.2) is 0 Å². The molecule has 4 nitrogen and oxygen atoms in total. The molecule has 0 saturated carbocycles. The lowest BCUT2D eigenvalue weighted by Gasteiger charge is -2.32. The van der Waals surface area contributed by atoms with Crippen LogP contribution in [0.2, 0.25) is 5.02 Å². The van der Waals surface area contributed by atoms with Crippen LogP contribution in [-0.2, 0) is 16.4 Å². The van der Waals surface area contributed by atoms with Crippen LogP contribution in [0.25, 0.3) is 0 Å². The fourth-order valence-electron chi connectivity index (χ4n) is 2.91. The standard InChI is InChI=1S/C15H22ClNO3S/c1-21(19,20)17-8-4-5-12(11-17)9-14(18)10-13-6-2-3-7-15(13)16/h2-3,6-7,12,14,18H,4-5,8-11H2,1H3. The zero-order valence-electron chi connectivity index (χ0n) is 12.2. The quantitative estimate of drug-likeness (QED) is 0.900. The Bertz CT molecular complexity index is 576. The monoisotopic (exact) mass is 331 g/mol. The van der Waals surface area contributed by atoms with Gasteiger partial charge in [-0.1, -0.05) is 29.8 Å². The van der Waals surface area contributed by atoms with Crippen LogP contribution >= 0.6 is 11.6 Å². The van der Waals surface area contributed by atoms with Crippen molar-refractivity contribution in [1.29, 1.82) is 0 Å². The second kappa shape index (κ2) is 7.09. The summed E-state index contributed by atoms with van der Waals surface area (Å²) in [4.78, 5) is 0. The first-order chi connectivity index (χ1) is 9.86. The Labute approximate surface area is 131 Å². The van der Waals surface area contributed by atoms with Crippen LogP contribution < -0.4 is 0 Å². The van der Waals surface area contributed by atoms with E-state index < -0.39 is 16.1 Å². The number of aliphatic hydroxyl groups is 1. The van der Waals surface area contributed by atoms with Gasteiger partial charge < -0.3 is 5.11 Å². The lowest BCUT2D eigenvalue weighted by Crippen LogP contribution is -2.40. The predicted octanol–water partition coefficient (Wildman–Crippen LogP) is 2.31. The lowest BCUT2D eigenvalue weighted by atomic mass is 9.91. The molecule has 2 unspecified atom stereocenters. The molecule has 1 N–H and O–H groups in total. The number of halogens is 1. The second-order valence-electron chi connectivity index (χ2n) is 5.81. The molecule has 0 aromatic heterocycles. The van der Waals surface area contributed by atoms with Crippen LogP contribution in [0.15, 0.2) is 24.3 Å². The number of sulfonamides is 1. The van der Waals surface area contributed by atoms with E-state index in [1.165, 1.54) is 10.6 Å². The van der Waals surface area contributed by atoms with Crippen LogP contribution in [0.5, 0.6) is 0 Å². The first-order valence-corrected chi connectivity index (χ1v) is 9.45. The van der Waals surface area contributed by atoms with Gasteiger partial charge in [-0.2, -0.15) is 0 Å². The van der Waals surface area contributed by atoms with Gasteiger partial charge in [-0.3, -0.25) is 0 Å². The van der Waals surface area contributed by atoms with Crippen LogP contribution in [0.3, 0.4) is 0 Å². The average Bonchev–Trinajstić information content (AvgIpc) is 2.41. The molecule has 118 valence electrons. The molecule has 2 rings (SSSR count). The van der Waals surface area contributed by atoms with E-state index in [1.54, 1.807) is 0 Å². The highest BCUT2D eigenvalue weighted by atomic mass is 35.5. The molecule has 1 heterocycles. The van der Waals surface area contributed by atoms with Crippen molar-refractivity contribution in [3.63, 3.8) is 0 Å². The zero-order chi connectivity index (χ0) is 15.5. The molecule has 1 fully saturated rings. The highest BCUT2D eigenvalue weighted by Gasteiger charge is 2.27. The zero-order valence-corrected chi connectivity index (χ0v) is 13.8. The summed E-state index contributed by atoms with van der Waals surface area (Å²) in [6.07, 6.45) is 3.69. The largest absolute Gasteiger partial charge is 0.393 e. The summed E-state index contributed by atoms with van der Waals surface area (Å²) in [6, 6.07) is 7.49. The van der Waals surface area contributed by atoms with Crippen LogP contribution in [0.4, 0.5) is 0 Å². The van der Waals surface area contributed by atoms with Gasteiger partial charge in [0.1, 0.15) is 0 Å². The van der Waals surface area contributed by atoms with Crippen LogP contribution in [0.1, 0.15) is 24.8 Å². The van der Waals surface area contributed by atoms with Gasteiger partial charge in [-0.05, 0) is 43.2 Å². The molecule has 0 spiro atoms. The summed E-state index contributed by atoms with van der Waals surface area (Å²) in [6.45, 7) is 1.11. The summed E-state index contributed by atoms with van der Waals surface area (Å²) >= 11 is 6.10. The molecule has 0 aliphatic carbocycles. The Morgan fingerprint density at radius 3 is 2.81 bits per heavy atom. The van der Waals surface area contributed by atoms with Crippen molar-refractivity contribution < 1.29 is 13.5 Å². The lowest BCUT2D eigenvalue weighted by molar-refractivity contribution is 0.122. The normalized spacial score (nSPS) is 22.1. The SMILES string of the molecule is CS(=O)(=O)N1CCCC(CC(O)Cc2ccccc2Cl)C1. The molecule has 1 aliphatic heterocycles. The van der Waals surface area contributed by atoms with Crippen molar-refractivity contribution in [2.45, 2.75) is 31.8 Å². The van der Waals surface area contributed by atoms with E-state index in [9.17, 15) is 13.5 Å². The molecular weight excluding hydrogens is 310 g/mol. The van der Waals surface area contributed by atoms with E-state index in [4.69, 9.17) is 11.6 Å². The van der Waals surface area contributed by atoms with Crippen molar-refractivity contribution in [3.05, 3.63) is 34.9 Å². The number of aliphatic hydroxyl groups excluding tert-OH is 1. The maximum atomic E-state index is 11.6. The fourth-order valence-corrected chi connectivity index (χ4v) is 4.06. The third-order valence-electron chi connectivity index (χ3n) is 3.97. The van der Waals surface area contributed by atoms with Gasteiger partial charge in [0.05, 0.1) is 12.4 Å². The highest BCUT2D eigenvalue weighted by Crippen LogP contribution is 2.25. The van der Waals surface area contributed by atoms with Gasteiger partial charge in [0.25, 0.3) is 0 Å². The molecule has 1 aliphatic rings. The Morgan fingerprint density at radius 2 is 2.14 bits per heavy atom. The van der Waals surface area contributed by atoms with E-state index in [2.05, 4.69) is 0 Å². The first-order valence-electron chi connectivity index (χ1n) is 7.23. The molecular formula is C15H22ClNO3S. The van der Waals surface area contributed by atoms with Crippen molar-refractivity contribution in [3.8, 4) is 0 Å². The average molecular weight is 332 g/mol. The van der Waals surface area contributed by atoms with E-state index >= 15 is 0 Å². The molecule has 1 saturated heterocycles. The Hall–Kier alpha value is -0.620. The van der Waals surface area contributed by atoms with Crippen molar-refractivity contribution in [2.24, 2.45) is 5.92 Å². The molecule has 6 heteroatoms. The summed E-state index contributed by atoms with van der Waals surface area (Å²) in [5.41, 5.74) is 0.933. The Kier molecular flexibility index (Phi) is 5.66. The summed E-state index contributed by atoms with van der Waals surface area (Å²) in [5.74, 6) is 0.214. The molecule has 1 aromatic carbocycles. The second-order valence-corrected chi connectivity index (χ2v) is 8.20. The molecule has 0 amide bonds. The fraction of sp³-hybridized carbons (Fsp3) is 0.600. The van der Waals surface area contributed by atoms with Crippen LogP contribution in [0, 0.1) is 5.92 Å². The number of benzene rings is 1. The predicted molar refractivity (Wildman–Crippen MR) is 84.9 cm³/mol. The number of hydrogen-bond donors (Lipinski definition) is 1. The van der Waals surface area contributed by atoms with Gasteiger partial charge >= 0.3 is 0 Å². The smallest absolute Gasteiger partial charge is 0.211 e. The van der Waals surface area contributed by atoms with Crippen molar-refractivity contribution in [1.82, 2.24) is 4.31 Å². The molecule has 1 aromatic rings. The Balaban J connectivity index is 1.91. The third kappa shape index (κ3) is 4.95. The Morgan fingerprint density at radius 1 is 1.43 bits per heavy atom. The van der Waals surface area contributed by atoms with Crippen LogP contribution in [-0.4, -0.2) is 43.3 Å².